The van der Waals surface area contributed by atoms with Gasteiger partial charge < -0.3 is 4.55 Å². The lowest BCUT2D eigenvalue weighted by molar-refractivity contribution is 0.546. The highest BCUT2D eigenvalue weighted by molar-refractivity contribution is 7.82. The first-order valence-corrected chi connectivity index (χ1v) is 3.16. The van der Waals surface area contributed by atoms with Crippen molar-refractivity contribution in [3.8, 4) is 0 Å². The summed E-state index contributed by atoms with van der Waals surface area (Å²) in [6.07, 6.45) is 2.36. The number of rotatable bonds is 2. The summed E-state index contributed by atoms with van der Waals surface area (Å²) < 4.78 is 19.3. The maximum Gasteiger partial charge on any atom is -0.0155 e. The van der Waals surface area contributed by atoms with Crippen LogP contribution in [0.5, 0.6) is 0 Å². The summed E-state index contributed by atoms with van der Waals surface area (Å²) in [5.41, 5.74) is 0. The molecule has 0 N–H and O–H groups in total. The molecule has 2 nitrogen and oxygen atoms in total. The zero-order chi connectivity index (χ0) is 5.70. The van der Waals surface area contributed by atoms with E-state index in [4.69, 9.17) is 0 Å². The number of hydrogen-bond donors (Lipinski definition) is 0. The first kappa shape index (κ1) is 6.85. The van der Waals surface area contributed by atoms with Gasteiger partial charge in [-0.15, -0.1) is 0 Å². The molecule has 0 aromatic rings. The summed E-state index contributed by atoms with van der Waals surface area (Å²) in [6, 6.07) is 0. The van der Waals surface area contributed by atoms with E-state index in [1.807, 2.05) is 6.92 Å². The minimum atomic E-state index is -2.00. The molecule has 3 heteroatoms. The molecule has 0 aliphatic carbocycles. The lowest BCUT2D eigenvalue weighted by atomic mass is 10.5. The van der Waals surface area contributed by atoms with Crippen LogP contribution in [-0.2, 0) is 11.1 Å². The maximum absolute atomic E-state index is 9.67. The molecule has 0 heterocycles. The average molecular weight is 119 g/mol. The smallest absolute Gasteiger partial charge is 0.0155 e. The SMILES string of the molecule is CCC=CS(=O)[O-]. The van der Waals surface area contributed by atoms with Crippen LogP contribution in [0.15, 0.2) is 11.5 Å². The van der Waals surface area contributed by atoms with E-state index in [2.05, 4.69) is 0 Å². The zero-order valence-corrected chi connectivity index (χ0v) is 4.90. The van der Waals surface area contributed by atoms with Crippen molar-refractivity contribution in [2.75, 3.05) is 0 Å². The van der Waals surface area contributed by atoms with Crippen LogP contribution in [0.3, 0.4) is 0 Å². The molecule has 0 aliphatic heterocycles. The van der Waals surface area contributed by atoms with Gasteiger partial charge in [0.25, 0.3) is 0 Å². The van der Waals surface area contributed by atoms with Gasteiger partial charge in [-0.05, 0) is 22.9 Å². The van der Waals surface area contributed by atoms with Gasteiger partial charge in [0.05, 0.1) is 0 Å². The van der Waals surface area contributed by atoms with Gasteiger partial charge in [0, 0.05) is 0 Å². The van der Waals surface area contributed by atoms with E-state index in [0.717, 1.165) is 11.8 Å². The monoisotopic (exact) mass is 119 g/mol. The Bertz CT molecular complexity index is 87.7. The highest BCUT2D eigenvalue weighted by Crippen LogP contribution is 1.80. The first-order chi connectivity index (χ1) is 3.27. The molecule has 42 valence electrons. The minimum Gasteiger partial charge on any atom is -0.769 e. The Labute approximate surface area is 45.5 Å². The second kappa shape index (κ2) is 4.02. The molecule has 1 unspecified atom stereocenters. The molecule has 0 amide bonds. The summed E-state index contributed by atoms with van der Waals surface area (Å²) in [5.74, 6) is 0. The third-order valence-corrected chi connectivity index (χ3v) is 0.858. The molecule has 0 fully saturated rings. The van der Waals surface area contributed by atoms with Crippen LogP contribution < -0.4 is 0 Å². The Morgan fingerprint density at radius 2 is 2.43 bits per heavy atom. The van der Waals surface area contributed by atoms with Crippen LogP contribution in [0, 0.1) is 0 Å². The van der Waals surface area contributed by atoms with Crippen molar-refractivity contribution in [1.82, 2.24) is 0 Å². The molecule has 0 radical (unpaired) electrons. The van der Waals surface area contributed by atoms with Crippen molar-refractivity contribution < 1.29 is 8.76 Å². The highest BCUT2D eigenvalue weighted by Gasteiger charge is 1.64. The van der Waals surface area contributed by atoms with Gasteiger partial charge in [0.15, 0.2) is 0 Å². The third-order valence-electron chi connectivity index (χ3n) is 0.443. The predicted molar refractivity (Wildman–Crippen MR) is 28.4 cm³/mol. The Morgan fingerprint density at radius 1 is 1.86 bits per heavy atom. The zero-order valence-electron chi connectivity index (χ0n) is 4.09. The summed E-state index contributed by atoms with van der Waals surface area (Å²) in [6.45, 7) is 1.88. The molecule has 0 aromatic carbocycles. The fraction of sp³-hybridized carbons (Fsp3) is 0.500. The lowest BCUT2D eigenvalue weighted by Gasteiger charge is -1.91. The Kier molecular flexibility index (Phi) is 3.93. The van der Waals surface area contributed by atoms with Crippen molar-refractivity contribution in [2.24, 2.45) is 0 Å². The molecular formula is C4H7O2S-. The van der Waals surface area contributed by atoms with Crippen LogP contribution in [0.25, 0.3) is 0 Å². The molecule has 0 rings (SSSR count). The summed E-state index contributed by atoms with van der Waals surface area (Å²) in [4.78, 5) is 0. The molecule has 0 aliphatic rings. The highest BCUT2D eigenvalue weighted by atomic mass is 32.2. The van der Waals surface area contributed by atoms with Crippen molar-refractivity contribution in [3.63, 3.8) is 0 Å². The molecule has 7 heavy (non-hydrogen) atoms. The topological polar surface area (TPSA) is 40.1 Å². The quantitative estimate of drug-likeness (QED) is 0.504. The first-order valence-electron chi connectivity index (χ1n) is 2.02. The van der Waals surface area contributed by atoms with Gasteiger partial charge in [-0.3, -0.25) is 4.21 Å². The molecule has 0 saturated heterocycles. The Hall–Kier alpha value is -0.150. The largest absolute Gasteiger partial charge is 0.769 e. The van der Waals surface area contributed by atoms with Crippen LogP contribution in [-0.4, -0.2) is 8.76 Å². The molecule has 0 saturated carbocycles. The summed E-state index contributed by atoms with van der Waals surface area (Å²) in [5, 5.41) is 1.14. The van der Waals surface area contributed by atoms with Crippen LogP contribution >= 0.6 is 0 Å². The summed E-state index contributed by atoms with van der Waals surface area (Å²) in [7, 11) is 0. The summed E-state index contributed by atoms with van der Waals surface area (Å²) >= 11 is -2.00. The number of allylic oxidation sites excluding steroid dienone is 1. The third kappa shape index (κ3) is 5.85. The molecular weight excluding hydrogens is 112 g/mol. The van der Waals surface area contributed by atoms with Crippen molar-refractivity contribution in [1.29, 1.82) is 0 Å². The van der Waals surface area contributed by atoms with Gasteiger partial charge in [0.1, 0.15) is 0 Å². The van der Waals surface area contributed by atoms with E-state index in [0.29, 0.717) is 0 Å². The van der Waals surface area contributed by atoms with E-state index in [9.17, 15) is 8.76 Å². The molecule has 0 aromatic heterocycles. The van der Waals surface area contributed by atoms with E-state index in [-0.39, 0.29) is 0 Å². The minimum absolute atomic E-state index is 0.772. The van der Waals surface area contributed by atoms with Crippen molar-refractivity contribution in [2.45, 2.75) is 13.3 Å². The predicted octanol–water partition coefficient (Wildman–Crippen LogP) is 0.789. The van der Waals surface area contributed by atoms with Gasteiger partial charge >= 0.3 is 0 Å². The van der Waals surface area contributed by atoms with Crippen LogP contribution in [0.1, 0.15) is 13.3 Å². The Morgan fingerprint density at radius 3 is 2.57 bits per heavy atom. The van der Waals surface area contributed by atoms with Gasteiger partial charge in [0.2, 0.25) is 0 Å². The van der Waals surface area contributed by atoms with E-state index in [1.165, 1.54) is 0 Å². The van der Waals surface area contributed by atoms with E-state index in [1.54, 1.807) is 6.08 Å². The van der Waals surface area contributed by atoms with E-state index >= 15 is 0 Å². The Balaban J connectivity index is 3.26. The fourth-order valence-corrected chi connectivity index (χ4v) is 0.524. The van der Waals surface area contributed by atoms with Crippen LogP contribution in [0.2, 0.25) is 0 Å². The fourth-order valence-electron chi connectivity index (χ4n) is 0.175. The normalized spacial score (nSPS) is 15.1. The second-order valence-electron chi connectivity index (χ2n) is 1.04. The molecule has 1 atom stereocenters. The van der Waals surface area contributed by atoms with Crippen molar-refractivity contribution in [3.05, 3.63) is 11.5 Å². The van der Waals surface area contributed by atoms with Crippen LogP contribution in [0.4, 0.5) is 0 Å². The maximum atomic E-state index is 9.67. The number of hydrogen-bond acceptors (Lipinski definition) is 2. The van der Waals surface area contributed by atoms with Crippen molar-refractivity contribution >= 4 is 11.1 Å². The average Bonchev–Trinajstić information content (AvgIpc) is 1.61. The van der Waals surface area contributed by atoms with Gasteiger partial charge in [-0.25, -0.2) is 0 Å². The molecule has 0 bridgehead atoms. The lowest BCUT2D eigenvalue weighted by Crippen LogP contribution is -1.74. The second-order valence-corrected chi connectivity index (χ2v) is 1.83. The van der Waals surface area contributed by atoms with Gasteiger partial charge in [-0.1, -0.05) is 13.0 Å². The van der Waals surface area contributed by atoms with E-state index < -0.39 is 11.1 Å². The van der Waals surface area contributed by atoms with Gasteiger partial charge in [-0.2, -0.15) is 0 Å². The molecule has 0 spiro atoms. The standard InChI is InChI=1S/C4H8O2S/c1-2-3-4-7(5)6/h3-4H,2H2,1H3,(H,5,6)/p-1.